The summed E-state index contributed by atoms with van der Waals surface area (Å²) in [6, 6.07) is 3.84. The second-order valence-electron chi connectivity index (χ2n) is 5.27. The second kappa shape index (κ2) is 4.74. The highest BCUT2D eigenvalue weighted by atomic mass is 32.5. The molecule has 2 rings (SSSR count). The van der Waals surface area contributed by atoms with Crippen molar-refractivity contribution in [1.29, 1.82) is 0 Å². The maximum atomic E-state index is 12.2. The Balaban J connectivity index is 2.14. The summed E-state index contributed by atoms with van der Waals surface area (Å²) in [6.07, 6.45) is 2.12. The molecule has 126 valence electrons. The maximum absolute atomic E-state index is 12.2. The number of rotatable bonds is 4. The van der Waals surface area contributed by atoms with E-state index in [1.807, 2.05) is 0 Å². The molecule has 1 aromatic carbocycles. The van der Waals surface area contributed by atoms with Gasteiger partial charge in [0, 0.05) is 13.0 Å². The molecular formula is C13H16F5NO2S. The molecule has 1 aliphatic heterocycles. The molecule has 0 bridgehead atoms. The van der Waals surface area contributed by atoms with Crippen molar-refractivity contribution < 1.29 is 28.4 Å². The Morgan fingerprint density at radius 2 is 1.68 bits per heavy atom. The first-order valence-corrected chi connectivity index (χ1v) is 8.56. The highest BCUT2D eigenvalue weighted by Crippen LogP contribution is 2.97. The Hall–Kier alpha value is -1.51. The van der Waals surface area contributed by atoms with E-state index < -0.39 is 16.3 Å². The van der Waals surface area contributed by atoms with Crippen LogP contribution in [0, 0.1) is 0 Å². The number of carbonyl (C=O) groups excluding carboxylic acids is 1. The van der Waals surface area contributed by atoms with Crippen LogP contribution in [0.5, 0.6) is 5.75 Å². The summed E-state index contributed by atoms with van der Waals surface area (Å²) in [4.78, 5) is 13.4. The Morgan fingerprint density at radius 1 is 1.09 bits per heavy atom. The van der Waals surface area contributed by atoms with Crippen molar-refractivity contribution in [3.63, 3.8) is 0 Å². The third-order valence-electron chi connectivity index (χ3n) is 3.44. The molecule has 1 heterocycles. The molecule has 0 radical (unpaired) electrons. The van der Waals surface area contributed by atoms with Crippen LogP contribution in [-0.4, -0.2) is 17.4 Å². The smallest absolute Gasteiger partial charge is 0.355 e. The Kier molecular flexibility index (Phi) is 3.63. The first kappa shape index (κ1) is 16.9. The number of halogens is 5. The second-order valence-corrected chi connectivity index (χ2v) is 7.23. The average molecular weight is 345 g/mol. The van der Waals surface area contributed by atoms with Crippen LogP contribution in [0.25, 0.3) is 0 Å². The minimum Gasteiger partial charge on any atom is -0.355 e. The lowest BCUT2D eigenvalue weighted by Crippen LogP contribution is -2.37. The number of piperidine rings is 1. The molecule has 0 saturated carbocycles. The average Bonchev–Trinajstić information content (AvgIpc) is 2.36. The number of likely N-dealkylation sites (tertiary alicyclic amines) is 1. The summed E-state index contributed by atoms with van der Waals surface area (Å²) in [5.74, 6) is -0.994. The number of carbonyl (C=O) groups is 1. The Morgan fingerprint density at radius 3 is 2.18 bits per heavy atom. The van der Waals surface area contributed by atoms with Gasteiger partial charge in [-0.1, -0.05) is 31.6 Å². The van der Waals surface area contributed by atoms with E-state index in [0.717, 1.165) is 25.0 Å². The molecule has 1 atom stereocenters. The maximum Gasteiger partial charge on any atom is 0.435 e. The van der Waals surface area contributed by atoms with Crippen molar-refractivity contribution in [3.8, 4) is 5.75 Å². The van der Waals surface area contributed by atoms with Crippen LogP contribution >= 0.6 is 10.5 Å². The van der Waals surface area contributed by atoms with Gasteiger partial charge in [0.15, 0.2) is 0 Å². The minimum absolute atomic E-state index is 0.0221. The molecule has 1 aromatic rings. The van der Waals surface area contributed by atoms with Crippen molar-refractivity contribution in [1.82, 2.24) is 4.90 Å². The predicted octanol–water partition coefficient (Wildman–Crippen LogP) is 5.35. The zero-order valence-electron chi connectivity index (χ0n) is 11.8. The number of hydrogen-bond acceptors (Lipinski definition) is 2. The molecule has 1 unspecified atom stereocenters. The molecule has 1 amide bonds. The van der Waals surface area contributed by atoms with Crippen molar-refractivity contribution >= 4 is 16.4 Å². The number of benzene rings is 1. The summed E-state index contributed by atoms with van der Waals surface area (Å²) in [5.41, 5.74) is 0.560. The van der Waals surface area contributed by atoms with Gasteiger partial charge in [0.2, 0.25) is 5.91 Å². The number of amides is 1. The van der Waals surface area contributed by atoms with Gasteiger partial charge in [0.05, 0.1) is 6.04 Å². The van der Waals surface area contributed by atoms with E-state index in [1.54, 1.807) is 11.8 Å². The Labute approximate surface area is 125 Å². The van der Waals surface area contributed by atoms with Gasteiger partial charge < -0.3 is 9.08 Å². The first-order valence-electron chi connectivity index (χ1n) is 6.69. The summed E-state index contributed by atoms with van der Waals surface area (Å²) >= 11 is 0. The quantitative estimate of drug-likeness (QED) is 0.688. The SMILES string of the molecule is CC(c1ccc(OS(F)(F)(F)(F)F)cc1)N1CCCCC1=O. The summed E-state index contributed by atoms with van der Waals surface area (Å²) in [6.45, 7) is 2.31. The summed E-state index contributed by atoms with van der Waals surface area (Å²) < 4.78 is 64.1. The fourth-order valence-corrected chi connectivity index (χ4v) is 2.87. The van der Waals surface area contributed by atoms with Crippen LogP contribution in [0.3, 0.4) is 0 Å². The monoisotopic (exact) mass is 345 g/mol. The molecule has 3 nitrogen and oxygen atoms in total. The van der Waals surface area contributed by atoms with Gasteiger partial charge in [0.25, 0.3) is 0 Å². The number of hydrogen-bond donors (Lipinski definition) is 0. The van der Waals surface area contributed by atoms with Crippen LogP contribution < -0.4 is 4.18 Å². The third kappa shape index (κ3) is 4.75. The highest BCUT2D eigenvalue weighted by Gasteiger charge is 2.67. The van der Waals surface area contributed by atoms with E-state index in [1.165, 1.54) is 12.1 Å². The van der Waals surface area contributed by atoms with E-state index in [9.17, 15) is 24.2 Å². The molecule has 1 fully saturated rings. The van der Waals surface area contributed by atoms with Crippen LogP contribution in [0.2, 0.25) is 0 Å². The van der Waals surface area contributed by atoms with Crippen molar-refractivity contribution in [2.75, 3.05) is 6.54 Å². The van der Waals surface area contributed by atoms with Gasteiger partial charge >= 0.3 is 10.5 Å². The van der Waals surface area contributed by atoms with Crippen molar-refractivity contribution in [2.45, 2.75) is 32.2 Å². The van der Waals surface area contributed by atoms with Crippen molar-refractivity contribution in [2.24, 2.45) is 0 Å². The van der Waals surface area contributed by atoms with Gasteiger partial charge in [0.1, 0.15) is 5.75 Å². The molecule has 1 saturated heterocycles. The fraction of sp³-hybridized carbons (Fsp3) is 0.462. The molecular weight excluding hydrogens is 329 g/mol. The van der Waals surface area contributed by atoms with Crippen LogP contribution in [0.1, 0.15) is 37.8 Å². The number of nitrogens with zero attached hydrogens (tertiary/aromatic N) is 1. The van der Waals surface area contributed by atoms with Gasteiger partial charge in [-0.25, -0.2) is 0 Å². The Bertz CT molecular complexity index is 572. The van der Waals surface area contributed by atoms with Gasteiger partial charge in [-0.3, -0.25) is 4.79 Å². The molecule has 0 N–H and O–H groups in total. The van der Waals surface area contributed by atoms with E-state index >= 15 is 0 Å². The topological polar surface area (TPSA) is 29.5 Å². The first-order chi connectivity index (χ1) is 9.84. The van der Waals surface area contributed by atoms with Gasteiger partial charge in [-0.15, -0.1) is 0 Å². The standard InChI is InChI=1S/C13H16F5NO2S/c1-10(19-9-3-2-4-13(19)20)11-5-7-12(8-6-11)21-22(14,15,16,17)18/h5-8,10H,2-4,9H2,1H3. The highest BCUT2D eigenvalue weighted by molar-refractivity contribution is 8.42. The zero-order valence-corrected chi connectivity index (χ0v) is 12.6. The summed E-state index contributed by atoms with van der Waals surface area (Å²) in [7, 11) is -9.95. The van der Waals surface area contributed by atoms with E-state index in [0.29, 0.717) is 18.5 Å². The van der Waals surface area contributed by atoms with Crippen molar-refractivity contribution in [3.05, 3.63) is 29.8 Å². The van der Waals surface area contributed by atoms with Crippen LogP contribution in [-0.2, 0) is 4.79 Å². The van der Waals surface area contributed by atoms with Crippen LogP contribution in [0.15, 0.2) is 24.3 Å². The fourth-order valence-electron chi connectivity index (χ4n) is 2.40. The largest absolute Gasteiger partial charge is 0.435 e. The molecule has 9 heteroatoms. The molecule has 22 heavy (non-hydrogen) atoms. The molecule has 0 aliphatic carbocycles. The van der Waals surface area contributed by atoms with E-state index in [4.69, 9.17) is 0 Å². The van der Waals surface area contributed by atoms with Crippen LogP contribution in [0.4, 0.5) is 19.4 Å². The predicted molar refractivity (Wildman–Crippen MR) is 74.2 cm³/mol. The lowest BCUT2D eigenvalue weighted by atomic mass is 10.0. The minimum atomic E-state index is -9.95. The van der Waals surface area contributed by atoms with Gasteiger partial charge in [-0.2, -0.15) is 0 Å². The molecule has 1 aliphatic rings. The third-order valence-corrected chi connectivity index (χ3v) is 3.95. The summed E-state index contributed by atoms with van der Waals surface area (Å²) in [5, 5.41) is 0. The zero-order chi connectivity index (χ0) is 16.7. The normalized spacial score (nSPS) is 21.0. The lowest BCUT2D eigenvalue weighted by molar-refractivity contribution is -0.135. The molecule has 0 spiro atoms. The van der Waals surface area contributed by atoms with E-state index in [2.05, 4.69) is 4.18 Å². The van der Waals surface area contributed by atoms with E-state index in [-0.39, 0.29) is 11.9 Å². The molecule has 0 aromatic heterocycles. The lowest BCUT2D eigenvalue weighted by Gasteiger charge is -2.39. The van der Waals surface area contributed by atoms with Gasteiger partial charge in [-0.05, 0) is 37.5 Å².